The third kappa shape index (κ3) is 17.8. The second kappa shape index (κ2) is 14.8. The Balaban J connectivity index is 0. The highest BCUT2D eigenvalue weighted by Gasteiger charge is 2.01. The average molecular weight is 437 g/mol. The maximum Gasteiger partial charge on any atom is 0.191 e. The molecule has 0 spiro atoms. The van der Waals surface area contributed by atoms with Gasteiger partial charge in [-0.05, 0) is 13.8 Å². The second-order valence-corrected chi connectivity index (χ2v) is 6.39. The largest absolute Gasteiger partial charge is 0.380 e. The van der Waals surface area contributed by atoms with E-state index in [0.717, 1.165) is 6.54 Å². The normalized spacial score (nSPS) is 11.9. The van der Waals surface area contributed by atoms with E-state index in [9.17, 15) is 8.42 Å². The topological polar surface area (TPSA) is 89.0 Å². The number of halogens is 1. The second-order valence-electron chi connectivity index (χ2n) is 4.13. The van der Waals surface area contributed by atoms with Gasteiger partial charge >= 0.3 is 0 Å². The van der Waals surface area contributed by atoms with Gasteiger partial charge in [0.15, 0.2) is 5.96 Å². The lowest BCUT2D eigenvalue weighted by molar-refractivity contribution is 0.153. The van der Waals surface area contributed by atoms with Gasteiger partial charge in [0.1, 0.15) is 9.84 Å². The lowest BCUT2D eigenvalue weighted by Gasteiger charge is -2.11. The molecule has 9 heteroatoms. The molecule has 0 aromatic rings. The molecule has 0 aromatic carbocycles. The van der Waals surface area contributed by atoms with Crippen molar-refractivity contribution in [2.24, 2.45) is 4.99 Å². The van der Waals surface area contributed by atoms with Crippen LogP contribution in [0.15, 0.2) is 4.99 Å². The monoisotopic (exact) mass is 437 g/mol. The molecule has 0 aromatic heterocycles. The summed E-state index contributed by atoms with van der Waals surface area (Å²) in [5.41, 5.74) is 0. The van der Waals surface area contributed by atoms with Gasteiger partial charge in [-0.2, -0.15) is 0 Å². The predicted octanol–water partition coefficient (Wildman–Crippen LogP) is 0.257. The minimum atomic E-state index is -2.95. The highest BCUT2D eigenvalue weighted by atomic mass is 127. The van der Waals surface area contributed by atoms with Crippen molar-refractivity contribution >= 4 is 39.8 Å². The maximum absolute atomic E-state index is 10.9. The Labute approximate surface area is 145 Å². The summed E-state index contributed by atoms with van der Waals surface area (Å²) in [6.45, 7) is 7.82. The first-order valence-corrected chi connectivity index (χ1v) is 8.91. The Hall–Kier alpha value is -0.130. The van der Waals surface area contributed by atoms with Crippen LogP contribution in [0.25, 0.3) is 0 Å². The smallest absolute Gasteiger partial charge is 0.191 e. The van der Waals surface area contributed by atoms with Crippen molar-refractivity contribution in [2.45, 2.75) is 13.8 Å². The van der Waals surface area contributed by atoms with E-state index in [0.29, 0.717) is 38.9 Å². The van der Waals surface area contributed by atoms with E-state index < -0.39 is 9.84 Å². The lowest BCUT2D eigenvalue weighted by atomic mass is 10.6. The molecule has 128 valence electrons. The van der Waals surface area contributed by atoms with Gasteiger partial charge in [0.25, 0.3) is 0 Å². The average Bonchev–Trinajstić information content (AvgIpc) is 2.37. The standard InChI is InChI=1S/C12H27N3O4S.HI/c1-4-13-12(14-6-8-18-5-2)15-7-9-19-10-11-20(3,16)17;/h4-11H2,1-3H3,(H2,13,14,15);1H. The van der Waals surface area contributed by atoms with E-state index in [1.54, 1.807) is 0 Å². The van der Waals surface area contributed by atoms with Gasteiger partial charge in [0, 0.05) is 26.0 Å². The van der Waals surface area contributed by atoms with E-state index in [2.05, 4.69) is 15.6 Å². The molecule has 0 amide bonds. The highest BCUT2D eigenvalue weighted by molar-refractivity contribution is 14.0. The third-order valence-electron chi connectivity index (χ3n) is 2.19. The first-order valence-electron chi connectivity index (χ1n) is 6.85. The van der Waals surface area contributed by atoms with E-state index in [1.165, 1.54) is 6.26 Å². The molecule has 0 heterocycles. The number of hydrogen-bond donors (Lipinski definition) is 2. The van der Waals surface area contributed by atoms with Gasteiger partial charge < -0.3 is 20.1 Å². The number of nitrogens with one attached hydrogen (secondary N) is 2. The fourth-order valence-corrected chi connectivity index (χ4v) is 1.68. The van der Waals surface area contributed by atoms with Crippen LogP contribution in [0.4, 0.5) is 0 Å². The van der Waals surface area contributed by atoms with Crippen LogP contribution < -0.4 is 10.6 Å². The summed E-state index contributed by atoms with van der Waals surface area (Å²) in [6.07, 6.45) is 1.20. The number of nitrogens with zero attached hydrogens (tertiary/aromatic N) is 1. The fourth-order valence-electron chi connectivity index (χ4n) is 1.26. The Morgan fingerprint density at radius 1 is 1.10 bits per heavy atom. The van der Waals surface area contributed by atoms with Crippen molar-refractivity contribution in [3.63, 3.8) is 0 Å². The molecule has 0 saturated carbocycles. The summed E-state index contributed by atoms with van der Waals surface area (Å²) in [6, 6.07) is 0. The van der Waals surface area contributed by atoms with Crippen molar-refractivity contribution in [1.29, 1.82) is 0 Å². The Morgan fingerprint density at radius 3 is 2.38 bits per heavy atom. The van der Waals surface area contributed by atoms with Crippen LogP contribution in [-0.4, -0.2) is 72.4 Å². The molecule has 0 aliphatic carbocycles. The Morgan fingerprint density at radius 2 is 1.81 bits per heavy atom. The summed E-state index contributed by atoms with van der Waals surface area (Å²) >= 11 is 0. The van der Waals surface area contributed by atoms with E-state index in [1.807, 2.05) is 13.8 Å². The number of aliphatic imine (C=N–C) groups is 1. The molecular weight excluding hydrogens is 409 g/mol. The molecule has 0 rings (SSSR count). The predicted molar refractivity (Wildman–Crippen MR) is 96.4 cm³/mol. The molecule has 0 bridgehead atoms. The van der Waals surface area contributed by atoms with Crippen molar-refractivity contribution in [3.05, 3.63) is 0 Å². The van der Waals surface area contributed by atoms with Gasteiger partial charge in [-0.3, -0.25) is 4.99 Å². The molecule has 0 aliphatic rings. The molecule has 0 unspecified atom stereocenters. The zero-order chi connectivity index (χ0) is 15.3. The zero-order valence-electron chi connectivity index (χ0n) is 13.1. The van der Waals surface area contributed by atoms with Crippen LogP contribution in [0.1, 0.15) is 13.8 Å². The molecule has 2 N–H and O–H groups in total. The fraction of sp³-hybridized carbons (Fsp3) is 0.917. The summed E-state index contributed by atoms with van der Waals surface area (Å²) in [4.78, 5) is 4.33. The van der Waals surface area contributed by atoms with Crippen molar-refractivity contribution in [1.82, 2.24) is 10.6 Å². The first-order chi connectivity index (χ1) is 9.49. The third-order valence-corrected chi connectivity index (χ3v) is 3.10. The van der Waals surface area contributed by atoms with E-state index >= 15 is 0 Å². The van der Waals surface area contributed by atoms with Crippen molar-refractivity contribution in [2.75, 3.05) is 58.1 Å². The van der Waals surface area contributed by atoms with Gasteiger partial charge in [0.05, 0.1) is 32.1 Å². The SMILES string of the molecule is CCNC(=NCCOCC)NCCOCCS(C)(=O)=O.I. The molecule has 7 nitrogen and oxygen atoms in total. The van der Waals surface area contributed by atoms with Crippen molar-refractivity contribution < 1.29 is 17.9 Å². The van der Waals surface area contributed by atoms with E-state index in [4.69, 9.17) is 9.47 Å². The summed E-state index contributed by atoms with van der Waals surface area (Å²) in [7, 11) is -2.95. The molecule has 0 radical (unpaired) electrons. The number of guanidine groups is 1. The maximum atomic E-state index is 10.9. The van der Waals surface area contributed by atoms with Gasteiger partial charge in [0.2, 0.25) is 0 Å². The van der Waals surface area contributed by atoms with Crippen LogP contribution in [0, 0.1) is 0 Å². The number of ether oxygens (including phenoxy) is 2. The van der Waals surface area contributed by atoms with Gasteiger partial charge in [-0.15, -0.1) is 24.0 Å². The zero-order valence-corrected chi connectivity index (χ0v) is 16.2. The van der Waals surface area contributed by atoms with Crippen LogP contribution >= 0.6 is 24.0 Å². The highest BCUT2D eigenvalue weighted by Crippen LogP contribution is 1.84. The van der Waals surface area contributed by atoms with Gasteiger partial charge in [-0.1, -0.05) is 0 Å². The quantitative estimate of drug-likeness (QED) is 0.209. The summed E-state index contributed by atoms with van der Waals surface area (Å²) in [5, 5.41) is 6.21. The molecule has 0 fully saturated rings. The number of hydrogen-bond acceptors (Lipinski definition) is 5. The van der Waals surface area contributed by atoms with Crippen LogP contribution in [0.5, 0.6) is 0 Å². The van der Waals surface area contributed by atoms with E-state index in [-0.39, 0.29) is 36.3 Å². The molecule has 21 heavy (non-hydrogen) atoms. The van der Waals surface area contributed by atoms with Crippen LogP contribution in [-0.2, 0) is 19.3 Å². The molecule has 0 saturated heterocycles. The number of rotatable bonds is 11. The van der Waals surface area contributed by atoms with Crippen LogP contribution in [0.3, 0.4) is 0 Å². The van der Waals surface area contributed by atoms with Crippen molar-refractivity contribution in [3.8, 4) is 0 Å². The molecule has 0 aliphatic heterocycles. The summed E-state index contributed by atoms with van der Waals surface area (Å²) in [5.74, 6) is 0.758. The minimum Gasteiger partial charge on any atom is -0.380 e. The summed E-state index contributed by atoms with van der Waals surface area (Å²) < 4.78 is 32.2. The minimum absolute atomic E-state index is 0. The Bertz CT molecular complexity index is 364. The Kier molecular flexibility index (Phi) is 16.3. The lowest BCUT2D eigenvalue weighted by Crippen LogP contribution is -2.39. The van der Waals surface area contributed by atoms with Gasteiger partial charge in [-0.25, -0.2) is 8.42 Å². The molecular formula is C12H28IN3O4S. The first kappa shape index (κ1) is 23.1. The molecule has 0 atom stereocenters. The van der Waals surface area contributed by atoms with Crippen LogP contribution in [0.2, 0.25) is 0 Å². The number of sulfone groups is 1.